The van der Waals surface area contributed by atoms with E-state index in [0.29, 0.717) is 19.8 Å². The Kier molecular flexibility index (Phi) is 3.89. The summed E-state index contributed by atoms with van der Waals surface area (Å²) in [4.78, 5) is 11.5. The van der Waals surface area contributed by atoms with E-state index in [9.17, 15) is 4.79 Å². The van der Waals surface area contributed by atoms with E-state index in [0.717, 1.165) is 6.54 Å². The van der Waals surface area contributed by atoms with Gasteiger partial charge in [0, 0.05) is 25.1 Å². The zero-order valence-electron chi connectivity index (χ0n) is 9.13. The van der Waals surface area contributed by atoms with Crippen molar-refractivity contribution < 1.29 is 14.3 Å². The van der Waals surface area contributed by atoms with Crippen molar-refractivity contribution in [1.82, 2.24) is 5.32 Å². The molecule has 0 aliphatic carbocycles. The van der Waals surface area contributed by atoms with Crippen LogP contribution in [0.25, 0.3) is 0 Å². The molecule has 0 aromatic heterocycles. The fourth-order valence-electron chi connectivity index (χ4n) is 1.87. The Morgan fingerprint density at radius 2 is 2.36 bits per heavy atom. The van der Waals surface area contributed by atoms with Crippen LogP contribution in [-0.2, 0) is 14.3 Å². The maximum Gasteiger partial charge on any atom is 0.310 e. The van der Waals surface area contributed by atoms with Gasteiger partial charge in [0.15, 0.2) is 0 Å². The van der Waals surface area contributed by atoms with E-state index >= 15 is 0 Å². The maximum atomic E-state index is 11.5. The first kappa shape index (κ1) is 11.5. The molecule has 0 spiro atoms. The van der Waals surface area contributed by atoms with Crippen LogP contribution in [0.15, 0.2) is 0 Å². The minimum absolute atomic E-state index is 0.0842. The number of hydrogen-bond donors (Lipinski definition) is 1. The van der Waals surface area contributed by atoms with Crippen molar-refractivity contribution in [2.24, 2.45) is 11.3 Å². The Morgan fingerprint density at radius 1 is 1.64 bits per heavy atom. The predicted molar refractivity (Wildman–Crippen MR) is 53.0 cm³/mol. The maximum absolute atomic E-state index is 11.5. The fraction of sp³-hybridized carbons (Fsp3) is 0.900. The number of ether oxygens (including phenoxy) is 2. The standard InChI is InChI=1S/C10H19NO3/c1-4-14-7-10(2)6-11-5-8(10)9(12)13-3/h8,11H,4-7H2,1-3H3. The van der Waals surface area contributed by atoms with Gasteiger partial charge in [0.25, 0.3) is 0 Å². The number of esters is 1. The average molecular weight is 201 g/mol. The highest BCUT2D eigenvalue weighted by molar-refractivity contribution is 5.74. The van der Waals surface area contributed by atoms with E-state index in [-0.39, 0.29) is 17.3 Å². The second-order valence-corrected chi connectivity index (χ2v) is 4.00. The molecule has 0 aromatic carbocycles. The van der Waals surface area contributed by atoms with Crippen LogP contribution in [0.4, 0.5) is 0 Å². The third-order valence-corrected chi connectivity index (χ3v) is 2.84. The molecule has 4 nitrogen and oxygen atoms in total. The quantitative estimate of drug-likeness (QED) is 0.670. The Labute approximate surface area is 85.0 Å². The highest BCUT2D eigenvalue weighted by Crippen LogP contribution is 2.32. The van der Waals surface area contributed by atoms with Gasteiger partial charge in [-0.15, -0.1) is 0 Å². The second kappa shape index (κ2) is 4.75. The van der Waals surface area contributed by atoms with Crippen LogP contribution in [0.2, 0.25) is 0 Å². The molecule has 0 saturated carbocycles. The Bertz CT molecular complexity index is 208. The summed E-state index contributed by atoms with van der Waals surface area (Å²) in [7, 11) is 1.43. The zero-order chi connectivity index (χ0) is 10.6. The highest BCUT2D eigenvalue weighted by atomic mass is 16.5. The summed E-state index contributed by atoms with van der Waals surface area (Å²) in [5.41, 5.74) is -0.122. The summed E-state index contributed by atoms with van der Waals surface area (Å²) in [6.07, 6.45) is 0. The molecule has 1 heterocycles. The van der Waals surface area contributed by atoms with Crippen molar-refractivity contribution in [2.75, 3.05) is 33.4 Å². The molecular formula is C10H19NO3. The van der Waals surface area contributed by atoms with Gasteiger partial charge in [-0.3, -0.25) is 4.79 Å². The summed E-state index contributed by atoms with van der Waals surface area (Å²) >= 11 is 0. The first-order valence-corrected chi connectivity index (χ1v) is 5.00. The molecule has 0 aromatic rings. The molecule has 4 heteroatoms. The van der Waals surface area contributed by atoms with Gasteiger partial charge < -0.3 is 14.8 Å². The molecule has 1 aliphatic heterocycles. The molecule has 1 saturated heterocycles. The summed E-state index contributed by atoms with van der Waals surface area (Å²) in [6, 6.07) is 0. The molecule has 14 heavy (non-hydrogen) atoms. The molecule has 0 amide bonds. The molecule has 1 rings (SSSR count). The van der Waals surface area contributed by atoms with Crippen LogP contribution in [0.5, 0.6) is 0 Å². The van der Waals surface area contributed by atoms with Crippen molar-refractivity contribution >= 4 is 5.97 Å². The highest BCUT2D eigenvalue weighted by Gasteiger charge is 2.44. The molecule has 82 valence electrons. The first-order chi connectivity index (χ1) is 6.64. The zero-order valence-corrected chi connectivity index (χ0v) is 9.13. The van der Waals surface area contributed by atoms with Crippen molar-refractivity contribution in [3.8, 4) is 0 Å². The molecule has 0 bridgehead atoms. The lowest BCUT2D eigenvalue weighted by atomic mass is 9.81. The van der Waals surface area contributed by atoms with E-state index in [1.165, 1.54) is 7.11 Å². The van der Waals surface area contributed by atoms with Crippen LogP contribution in [0, 0.1) is 11.3 Å². The summed E-state index contributed by atoms with van der Waals surface area (Å²) < 4.78 is 10.2. The summed E-state index contributed by atoms with van der Waals surface area (Å²) in [5, 5.41) is 3.21. The summed E-state index contributed by atoms with van der Waals surface area (Å²) in [6.45, 7) is 6.81. The van der Waals surface area contributed by atoms with Gasteiger partial charge in [0.05, 0.1) is 19.6 Å². The Balaban J connectivity index is 2.60. The van der Waals surface area contributed by atoms with E-state index in [4.69, 9.17) is 9.47 Å². The lowest BCUT2D eigenvalue weighted by molar-refractivity contribution is -0.149. The smallest absolute Gasteiger partial charge is 0.310 e. The molecule has 0 radical (unpaired) electrons. The van der Waals surface area contributed by atoms with E-state index in [1.807, 2.05) is 6.92 Å². The van der Waals surface area contributed by atoms with Crippen molar-refractivity contribution in [1.29, 1.82) is 0 Å². The molecule has 1 N–H and O–H groups in total. The van der Waals surface area contributed by atoms with Gasteiger partial charge in [0.2, 0.25) is 0 Å². The van der Waals surface area contributed by atoms with E-state index in [2.05, 4.69) is 12.2 Å². The van der Waals surface area contributed by atoms with Crippen LogP contribution in [0.1, 0.15) is 13.8 Å². The SMILES string of the molecule is CCOCC1(C)CNCC1C(=O)OC. The van der Waals surface area contributed by atoms with Crippen LogP contribution in [0.3, 0.4) is 0 Å². The number of hydrogen-bond acceptors (Lipinski definition) is 4. The number of rotatable bonds is 4. The largest absolute Gasteiger partial charge is 0.469 e. The minimum atomic E-state index is -0.141. The summed E-state index contributed by atoms with van der Waals surface area (Å²) in [5.74, 6) is -0.226. The fourth-order valence-corrected chi connectivity index (χ4v) is 1.87. The number of methoxy groups -OCH3 is 1. The average Bonchev–Trinajstić information content (AvgIpc) is 2.57. The molecule has 1 aliphatic rings. The van der Waals surface area contributed by atoms with Gasteiger partial charge in [-0.2, -0.15) is 0 Å². The monoisotopic (exact) mass is 201 g/mol. The van der Waals surface area contributed by atoms with E-state index < -0.39 is 0 Å². The van der Waals surface area contributed by atoms with Crippen LogP contribution < -0.4 is 5.32 Å². The topological polar surface area (TPSA) is 47.6 Å². The van der Waals surface area contributed by atoms with Gasteiger partial charge in [-0.1, -0.05) is 6.92 Å². The number of carbonyl (C=O) groups excluding carboxylic acids is 1. The van der Waals surface area contributed by atoms with Gasteiger partial charge >= 0.3 is 5.97 Å². The Hall–Kier alpha value is -0.610. The normalized spacial score (nSPS) is 31.8. The number of carbonyl (C=O) groups is 1. The minimum Gasteiger partial charge on any atom is -0.469 e. The number of nitrogens with one attached hydrogen (secondary N) is 1. The van der Waals surface area contributed by atoms with Gasteiger partial charge in [-0.25, -0.2) is 0 Å². The Morgan fingerprint density at radius 3 is 2.93 bits per heavy atom. The first-order valence-electron chi connectivity index (χ1n) is 5.00. The van der Waals surface area contributed by atoms with Crippen molar-refractivity contribution in [3.05, 3.63) is 0 Å². The second-order valence-electron chi connectivity index (χ2n) is 4.00. The molecule has 2 unspecified atom stereocenters. The van der Waals surface area contributed by atoms with Gasteiger partial charge in [0.1, 0.15) is 0 Å². The van der Waals surface area contributed by atoms with Crippen LogP contribution in [-0.4, -0.2) is 39.4 Å². The van der Waals surface area contributed by atoms with Gasteiger partial charge in [-0.05, 0) is 6.92 Å². The third kappa shape index (κ3) is 2.25. The van der Waals surface area contributed by atoms with Crippen molar-refractivity contribution in [3.63, 3.8) is 0 Å². The lowest BCUT2D eigenvalue weighted by Crippen LogP contribution is -2.37. The predicted octanol–water partition coefficient (Wildman–Crippen LogP) is 0.422. The lowest BCUT2D eigenvalue weighted by Gasteiger charge is -2.28. The third-order valence-electron chi connectivity index (χ3n) is 2.84. The van der Waals surface area contributed by atoms with Crippen molar-refractivity contribution in [2.45, 2.75) is 13.8 Å². The molecule has 2 atom stereocenters. The van der Waals surface area contributed by atoms with Crippen LogP contribution >= 0.6 is 0 Å². The molecule has 1 fully saturated rings. The van der Waals surface area contributed by atoms with E-state index in [1.54, 1.807) is 0 Å². The molecular weight excluding hydrogens is 182 g/mol.